The van der Waals surface area contributed by atoms with Crippen molar-refractivity contribution < 1.29 is 14.3 Å². The summed E-state index contributed by atoms with van der Waals surface area (Å²) in [6.45, 7) is 3.58. The molecular weight excluding hydrogens is 296 g/mol. The molecule has 3 rings (SSSR count). The molecule has 0 radical (unpaired) electrons. The number of carbonyl (C=O) groups excluding carboxylic acids is 2. The smallest absolute Gasteiger partial charge is 0.317 e. The summed E-state index contributed by atoms with van der Waals surface area (Å²) in [5, 5.41) is 2.89. The Morgan fingerprint density at radius 2 is 2.17 bits per heavy atom. The highest BCUT2D eigenvalue weighted by molar-refractivity contribution is 5.77. The number of nitrogens with zero attached hydrogens (tertiary/aromatic N) is 3. The topological polar surface area (TPSA) is 84.4 Å². The van der Waals surface area contributed by atoms with Gasteiger partial charge in [0.1, 0.15) is 5.82 Å². The van der Waals surface area contributed by atoms with Crippen LogP contribution in [0.25, 0.3) is 0 Å². The van der Waals surface area contributed by atoms with Crippen LogP contribution >= 0.6 is 0 Å². The molecule has 7 nitrogen and oxygen atoms in total. The lowest BCUT2D eigenvalue weighted by Crippen LogP contribution is -2.45. The van der Waals surface area contributed by atoms with E-state index in [2.05, 4.69) is 15.3 Å². The summed E-state index contributed by atoms with van der Waals surface area (Å²) in [6.07, 6.45) is 4.32. The highest BCUT2D eigenvalue weighted by Crippen LogP contribution is 2.59. The summed E-state index contributed by atoms with van der Waals surface area (Å²) < 4.78 is 4.83. The van der Waals surface area contributed by atoms with Crippen molar-refractivity contribution in [2.45, 2.75) is 32.7 Å². The highest BCUT2D eigenvalue weighted by atomic mass is 16.5. The Bertz CT molecular complexity index is 611. The summed E-state index contributed by atoms with van der Waals surface area (Å²) in [5.74, 6) is 0.614. The highest BCUT2D eigenvalue weighted by Gasteiger charge is 2.59. The number of esters is 1. The fraction of sp³-hybridized carbons (Fsp3) is 0.625. The van der Waals surface area contributed by atoms with Crippen molar-refractivity contribution >= 4 is 12.0 Å². The second kappa shape index (κ2) is 6.14. The molecule has 0 unspecified atom stereocenters. The van der Waals surface area contributed by atoms with Gasteiger partial charge in [0.25, 0.3) is 0 Å². The van der Waals surface area contributed by atoms with Gasteiger partial charge in [0.2, 0.25) is 0 Å². The van der Waals surface area contributed by atoms with Gasteiger partial charge in [-0.05, 0) is 37.7 Å². The van der Waals surface area contributed by atoms with Gasteiger partial charge in [-0.3, -0.25) is 4.79 Å². The maximum absolute atomic E-state index is 12.2. The predicted octanol–water partition coefficient (Wildman–Crippen LogP) is 1.27. The van der Waals surface area contributed by atoms with Crippen molar-refractivity contribution in [1.29, 1.82) is 0 Å². The number of hydrogen-bond acceptors (Lipinski definition) is 5. The standard InChI is InChI=1S/C16H22N4O3/c1-11-17-6-3-12(19-11)10-18-15(22)20-7-4-16(5-8-20)9-13(16)14(21)23-2/h3,6,13H,4-5,7-10H2,1-2H3,(H,18,22)/t13-/m0/s1. The van der Waals surface area contributed by atoms with Crippen LogP contribution in [0.3, 0.4) is 0 Å². The normalized spacial score (nSPS) is 21.8. The predicted molar refractivity (Wildman–Crippen MR) is 82.4 cm³/mol. The first kappa shape index (κ1) is 15.7. The zero-order chi connectivity index (χ0) is 16.4. The van der Waals surface area contributed by atoms with Gasteiger partial charge in [-0.15, -0.1) is 0 Å². The molecule has 1 aliphatic carbocycles. The third-order valence-corrected chi connectivity index (χ3v) is 4.98. The lowest BCUT2D eigenvalue weighted by atomic mass is 9.91. The molecule has 1 aliphatic heterocycles. The molecule has 1 saturated heterocycles. The second-order valence-corrected chi connectivity index (χ2v) is 6.38. The number of ether oxygens (including phenoxy) is 1. The Hall–Kier alpha value is -2.18. The average Bonchev–Trinajstić information content (AvgIpc) is 3.26. The van der Waals surface area contributed by atoms with E-state index < -0.39 is 0 Å². The van der Waals surface area contributed by atoms with E-state index in [1.807, 2.05) is 11.8 Å². The second-order valence-electron chi connectivity index (χ2n) is 6.38. The molecule has 7 heteroatoms. The quantitative estimate of drug-likeness (QED) is 0.848. The van der Waals surface area contributed by atoms with Crippen LogP contribution in [0.1, 0.15) is 30.8 Å². The van der Waals surface area contributed by atoms with Crippen LogP contribution in [-0.4, -0.2) is 47.1 Å². The Labute approximate surface area is 135 Å². The summed E-state index contributed by atoms with van der Waals surface area (Å²) in [7, 11) is 1.44. The van der Waals surface area contributed by atoms with Gasteiger partial charge in [0.15, 0.2) is 0 Å². The van der Waals surface area contributed by atoms with E-state index in [0.717, 1.165) is 25.0 Å². The Balaban J connectivity index is 1.47. The number of nitrogens with one attached hydrogen (secondary N) is 1. The lowest BCUT2D eigenvalue weighted by molar-refractivity contribution is -0.143. The van der Waals surface area contributed by atoms with Crippen molar-refractivity contribution in [3.63, 3.8) is 0 Å². The van der Waals surface area contributed by atoms with Gasteiger partial charge < -0.3 is 15.0 Å². The van der Waals surface area contributed by atoms with Gasteiger partial charge in [0, 0.05) is 19.3 Å². The van der Waals surface area contributed by atoms with E-state index in [0.29, 0.717) is 25.5 Å². The summed E-state index contributed by atoms with van der Waals surface area (Å²) in [6, 6.07) is 1.72. The molecule has 124 valence electrons. The van der Waals surface area contributed by atoms with Crippen LogP contribution in [-0.2, 0) is 16.1 Å². The number of urea groups is 1. The Morgan fingerprint density at radius 3 is 2.83 bits per heavy atom. The van der Waals surface area contributed by atoms with Crippen molar-refractivity contribution in [2.75, 3.05) is 20.2 Å². The monoisotopic (exact) mass is 318 g/mol. The zero-order valence-corrected chi connectivity index (χ0v) is 13.5. The number of rotatable bonds is 3. The first-order valence-corrected chi connectivity index (χ1v) is 7.93. The van der Waals surface area contributed by atoms with Gasteiger partial charge >= 0.3 is 12.0 Å². The molecule has 1 N–H and O–H groups in total. The fourth-order valence-corrected chi connectivity index (χ4v) is 3.41. The molecule has 0 bridgehead atoms. The van der Waals surface area contributed by atoms with Crippen LogP contribution in [0.4, 0.5) is 4.79 Å². The SMILES string of the molecule is COC(=O)[C@@H]1CC12CCN(C(=O)NCc1ccnc(C)n1)CC2. The minimum atomic E-state index is -0.109. The third-order valence-electron chi connectivity index (χ3n) is 4.98. The molecule has 1 aromatic rings. The van der Waals surface area contributed by atoms with E-state index in [4.69, 9.17) is 4.74 Å². The summed E-state index contributed by atoms with van der Waals surface area (Å²) in [4.78, 5) is 34.0. The molecule has 23 heavy (non-hydrogen) atoms. The Morgan fingerprint density at radius 1 is 1.43 bits per heavy atom. The summed E-state index contributed by atoms with van der Waals surface area (Å²) in [5.41, 5.74) is 0.875. The number of carbonyl (C=O) groups is 2. The van der Waals surface area contributed by atoms with Gasteiger partial charge in [-0.2, -0.15) is 0 Å². The van der Waals surface area contributed by atoms with E-state index >= 15 is 0 Å². The zero-order valence-electron chi connectivity index (χ0n) is 13.5. The van der Waals surface area contributed by atoms with Crippen LogP contribution in [0.15, 0.2) is 12.3 Å². The minimum Gasteiger partial charge on any atom is -0.469 e. The molecule has 2 aliphatic rings. The van der Waals surface area contributed by atoms with Crippen molar-refractivity contribution in [1.82, 2.24) is 20.2 Å². The number of aryl methyl sites for hydroxylation is 1. The summed E-state index contributed by atoms with van der Waals surface area (Å²) >= 11 is 0. The van der Waals surface area contributed by atoms with E-state index in [1.54, 1.807) is 12.3 Å². The fourth-order valence-electron chi connectivity index (χ4n) is 3.41. The molecular formula is C16H22N4O3. The largest absolute Gasteiger partial charge is 0.469 e. The van der Waals surface area contributed by atoms with E-state index in [-0.39, 0.29) is 23.3 Å². The first-order chi connectivity index (χ1) is 11.0. The lowest BCUT2D eigenvalue weighted by Gasteiger charge is -2.32. The maximum Gasteiger partial charge on any atom is 0.317 e. The van der Waals surface area contributed by atoms with Crippen LogP contribution in [0.5, 0.6) is 0 Å². The minimum absolute atomic E-state index is 0.0294. The molecule has 1 atom stereocenters. The third kappa shape index (κ3) is 3.28. The molecule has 1 spiro atoms. The Kier molecular flexibility index (Phi) is 4.19. The number of likely N-dealkylation sites (tertiary alicyclic amines) is 1. The molecule has 2 fully saturated rings. The van der Waals surface area contributed by atoms with Gasteiger partial charge in [-0.25, -0.2) is 14.8 Å². The van der Waals surface area contributed by atoms with Crippen LogP contribution < -0.4 is 5.32 Å². The van der Waals surface area contributed by atoms with E-state index in [1.165, 1.54) is 7.11 Å². The molecule has 0 aromatic carbocycles. The van der Waals surface area contributed by atoms with Crippen molar-refractivity contribution in [3.8, 4) is 0 Å². The molecule has 2 amide bonds. The van der Waals surface area contributed by atoms with Crippen molar-refractivity contribution in [2.24, 2.45) is 11.3 Å². The van der Waals surface area contributed by atoms with Crippen LogP contribution in [0.2, 0.25) is 0 Å². The molecule has 1 saturated carbocycles. The maximum atomic E-state index is 12.2. The number of methoxy groups -OCH3 is 1. The van der Waals surface area contributed by atoms with E-state index in [9.17, 15) is 9.59 Å². The number of aromatic nitrogens is 2. The number of piperidine rings is 1. The number of amides is 2. The van der Waals surface area contributed by atoms with Gasteiger partial charge in [0.05, 0.1) is 25.3 Å². The average molecular weight is 318 g/mol. The first-order valence-electron chi connectivity index (χ1n) is 7.93. The molecule has 1 aromatic heterocycles. The van der Waals surface area contributed by atoms with Crippen molar-refractivity contribution in [3.05, 3.63) is 23.8 Å². The van der Waals surface area contributed by atoms with Gasteiger partial charge in [-0.1, -0.05) is 0 Å². The number of hydrogen-bond donors (Lipinski definition) is 1. The van der Waals surface area contributed by atoms with Crippen LogP contribution in [0, 0.1) is 18.3 Å². The molecule has 2 heterocycles.